The van der Waals surface area contributed by atoms with Crippen LogP contribution in [-0.4, -0.2) is 30.2 Å². The van der Waals surface area contributed by atoms with Crippen molar-refractivity contribution in [3.8, 4) is 5.75 Å². The maximum atomic E-state index is 5.33. The maximum Gasteiger partial charge on any atom is 0.140 e. The molecule has 0 saturated heterocycles. The molecular formula is C16H21N3O. The molecule has 3 rings (SSSR count). The fourth-order valence-corrected chi connectivity index (χ4v) is 3.07. The highest BCUT2D eigenvalue weighted by molar-refractivity contribution is 5.90. The first-order chi connectivity index (χ1) is 9.79. The van der Waals surface area contributed by atoms with Crippen LogP contribution in [-0.2, 0) is 0 Å². The summed E-state index contributed by atoms with van der Waals surface area (Å²) >= 11 is 0. The van der Waals surface area contributed by atoms with Gasteiger partial charge < -0.3 is 9.64 Å². The Morgan fingerprint density at radius 3 is 2.70 bits per heavy atom. The first kappa shape index (κ1) is 13.2. The van der Waals surface area contributed by atoms with Gasteiger partial charge in [0.15, 0.2) is 0 Å². The van der Waals surface area contributed by atoms with Crippen LogP contribution in [0.1, 0.15) is 32.1 Å². The van der Waals surface area contributed by atoms with Gasteiger partial charge in [-0.05, 0) is 31.0 Å². The minimum Gasteiger partial charge on any atom is -0.497 e. The van der Waals surface area contributed by atoms with Gasteiger partial charge in [0.2, 0.25) is 0 Å². The molecule has 1 aromatic carbocycles. The second-order valence-corrected chi connectivity index (χ2v) is 5.48. The van der Waals surface area contributed by atoms with E-state index in [1.807, 2.05) is 18.2 Å². The molecule has 1 aromatic heterocycles. The van der Waals surface area contributed by atoms with Gasteiger partial charge in [0.05, 0.1) is 12.6 Å². The molecular weight excluding hydrogens is 250 g/mol. The lowest BCUT2D eigenvalue weighted by Crippen LogP contribution is -2.34. The molecule has 0 aliphatic heterocycles. The number of benzene rings is 1. The van der Waals surface area contributed by atoms with Crippen molar-refractivity contribution in [2.24, 2.45) is 0 Å². The fraction of sp³-hybridized carbons (Fsp3) is 0.500. The molecule has 2 aromatic rings. The Labute approximate surface area is 119 Å². The van der Waals surface area contributed by atoms with Crippen molar-refractivity contribution in [1.82, 2.24) is 9.97 Å². The highest BCUT2D eigenvalue weighted by Crippen LogP contribution is 2.30. The van der Waals surface area contributed by atoms with Crippen LogP contribution in [0.5, 0.6) is 5.75 Å². The lowest BCUT2D eigenvalue weighted by molar-refractivity contribution is 0.415. The van der Waals surface area contributed by atoms with Gasteiger partial charge in [0, 0.05) is 18.5 Å². The number of fused-ring (bicyclic) bond motifs is 1. The average Bonchev–Trinajstić information content (AvgIpc) is 2.54. The summed E-state index contributed by atoms with van der Waals surface area (Å²) in [7, 11) is 3.84. The summed E-state index contributed by atoms with van der Waals surface area (Å²) < 4.78 is 5.33. The van der Waals surface area contributed by atoms with E-state index < -0.39 is 0 Å². The SMILES string of the molecule is COc1ccc2ncnc(N(C)C3CCCCC3)c2c1. The standard InChI is InChI=1S/C16H21N3O/c1-19(12-6-4-3-5-7-12)16-14-10-13(20-2)8-9-15(14)17-11-18-16/h8-12H,3-7H2,1-2H3. The molecule has 0 atom stereocenters. The fourth-order valence-electron chi connectivity index (χ4n) is 3.07. The van der Waals surface area contributed by atoms with Crippen LogP contribution in [0, 0.1) is 0 Å². The predicted molar refractivity (Wildman–Crippen MR) is 81.4 cm³/mol. The molecule has 4 nitrogen and oxygen atoms in total. The number of anilines is 1. The average molecular weight is 271 g/mol. The number of hydrogen-bond acceptors (Lipinski definition) is 4. The summed E-state index contributed by atoms with van der Waals surface area (Å²) in [5.41, 5.74) is 0.971. The first-order valence-electron chi connectivity index (χ1n) is 7.31. The van der Waals surface area contributed by atoms with Gasteiger partial charge >= 0.3 is 0 Å². The lowest BCUT2D eigenvalue weighted by atomic mass is 9.94. The Kier molecular flexibility index (Phi) is 3.72. The van der Waals surface area contributed by atoms with E-state index in [4.69, 9.17) is 4.74 Å². The van der Waals surface area contributed by atoms with Crippen molar-refractivity contribution in [1.29, 1.82) is 0 Å². The Morgan fingerprint density at radius 2 is 1.95 bits per heavy atom. The molecule has 20 heavy (non-hydrogen) atoms. The van der Waals surface area contributed by atoms with Crippen molar-refractivity contribution in [2.75, 3.05) is 19.1 Å². The van der Waals surface area contributed by atoms with Crippen molar-refractivity contribution in [3.63, 3.8) is 0 Å². The first-order valence-corrected chi connectivity index (χ1v) is 7.31. The lowest BCUT2D eigenvalue weighted by Gasteiger charge is -2.32. The summed E-state index contributed by atoms with van der Waals surface area (Å²) in [6.07, 6.45) is 8.17. The molecule has 1 aliphatic rings. The summed E-state index contributed by atoms with van der Waals surface area (Å²) in [5, 5.41) is 1.07. The van der Waals surface area contributed by atoms with Gasteiger partial charge in [-0.25, -0.2) is 9.97 Å². The smallest absolute Gasteiger partial charge is 0.140 e. The molecule has 0 bridgehead atoms. The zero-order chi connectivity index (χ0) is 13.9. The Morgan fingerprint density at radius 1 is 1.15 bits per heavy atom. The van der Waals surface area contributed by atoms with E-state index in [-0.39, 0.29) is 0 Å². The van der Waals surface area contributed by atoms with Gasteiger partial charge in [-0.15, -0.1) is 0 Å². The third kappa shape index (κ3) is 2.42. The van der Waals surface area contributed by atoms with E-state index in [0.717, 1.165) is 22.5 Å². The molecule has 0 spiro atoms. The van der Waals surface area contributed by atoms with Gasteiger partial charge in [-0.1, -0.05) is 19.3 Å². The topological polar surface area (TPSA) is 38.3 Å². The highest BCUT2D eigenvalue weighted by atomic mass is 16.5. The van der Waals surface area contributed by atoms with Crippen LogP contribution >= 0.6 is 0 Å². The largest absolute Gasteiger partial charge is 0.497 e. The van der Waals surface area contributed by atoms with E-state index in [0.29, 0.717) is 6.04 Å². The monoisotopic (exact) mass is 271 g/mol. The van der Waals surface area contributed by atoms with Crippen molar-refractivity contribution in [3.05, 3.63) is 24.5 Å². The minimum atomic E-state index is 0.591. The summed E-state index contributed by atoms with van der Waals surface area (Å²) in [5.74, 6) is 1.87. The van der Waals surface area contributed by atoms with Gasteiger partial charge in [0.25, 0.3) is 0 Å². The van der Waals surface area contributed by atoms with Gasteiger partial charge in [-0.3, -0.25) is 0 Å². The molecule has 0 radical (unpaired) electrons. The summed E-state index contributed by atoms with van der Waals surface area (Å²) in [6, 6.07) is 6.56. The Balaban J connectivity index is 2.00. The molecule has 1 saturated carbocycles. The van der Waals surface area contributed by atoms with Gasteiger partial charge in [0.1, 0.15) is 17.9 Å². The van der Waals surface area contributed by atoms with E-state index in [2.05, 4.69) is 21.9 Å². The number of rotatable bonds is 3. The molecule has 0 unspecified atom stereocenters. The van der Waals surface area contributed by atoms with Gasteiger partial charge in [-0.2, -0.15) is 0 Å². The van der Waals surface area contributed by atoms with Crippen LogP contribution in [0.3, 0.4) is 0 Å². The van der Waals surface area contributed by atoms with Crippen LogP contribution in [0.15, 0.2) is 24.5 Å². The number of methoxy groups -OCH3 is 1. The number of hydrogen-bond donors (Lipinski definition) is 0. The normalized spacial score (nSPS) is 16.3. The summed E-state index contributed by atoms with van der Waals surface area (Å²) in [4.78, 5) is 11.2. The van der Waals surface area contributed by atoms with E-state index in [1.165, 1.54) is 32.1 Å². The van der Waals surface area contributed by atoms with E-state index >= 15 is 0 Å². The molecule has 4 heteroatoms. The quantitative estimate of drug-likeness (QED) is 0.857. The third-order valence-electron chi connectivity index (χ3n) is 4.28. The van der Waals surface area contributed by atoms with Crippen molar-refractivity contribution >= 4 is 16.7 Å². The molecule has 1 aliphatic carbocycles. The molecule has 0 amide bonds. The van der Waals surface area contributed by atoms with Crippen LogP contribution < -0.4 is 9.64 Å². The predicted octanol–water partition coefficient (Wildman–Crippen LogP) is 3.41. The molecule has 106 valence electrons. The maximum absolute atomic E-state index is 5.33. The van der Waals surface area contributed by atoms with Crippen molar-refractivity contribution < 1.29 is 4.74 Å². The number of aromatic nitrogens is 2. The minimum absolute atomic E-state index is 0.591. The zero-order valence-corrected chi connectivity index (χ0v) is 12.2. The number of ether oxygens (including phenoxy) is 1. The van der Waals surface area contributed by atoms with Crippen molar-refractivity contribution in [2.45, 2.75) is 38.1 Å². The van der Waals surface area contributed by atoms with Crippen LogP contribution in [0.2, 0.25) is 0 Å². The second-order valence-electron chi connectivity index (χ2n) is 5.48. The molecule has 0 N–H and O–H groups in total. The highest BCUT2D eigenvalue weighted by Gasteiger charge is 2.20. The van der Waals surface area contributed by atoms with E-state index in [9.17, 15) is 0 Å². The Bertz CT molecular complexity index is 593. The van der Waals surface area contributed by atoms with Crippen LogP contribution in [0.25, 0.3) is 10.9 Å². The second kappa shape index (κ2) is 5.65. The number of nitrogens with zero attached hydrogens (tertiary/aromatic N) is 3. The van der Waals surface area contributed by atoms with Crippen LogP contribution in [0.4, 0.5) is 5.82 Å². The zero-order valence-electron chi connectivity index (χ0n) is 12.2. The molecule has 1 fully saturated rings. The third-order valence-corrected chi connectivity index (χ3v) is 4.28. The molecule has 1 heterocycles. The Hall–Kier alpha value is -1.84. The van der Waals surface area contributed by atoms with E-state index in [1.54, 1.807) is 13.4 Å². The summed E-state index contributed by atoms with van der Waals surface area (Å²) in [6.45, 7) is 0.